The Hall–Kier alpha value is -2.11. The molecule has 2 heterocycles. The van der Waals surface area contributed by atoms with Crippen LogP contribution >= 0.6 is 22.9 Å². The van der Waals surface area contributed by atoms with Crippen LogP contribution in [0, 0.1) is 6.92 Å². The second-order valence-electron chi connectivity index (χ2n) is 4.36. The third-order valence-electron chi connectivity index (χ3n) is 2.88. The molecule has 2 aromatic heterocycles. The van der Waals surface area contributed by atoms with Crippen LogP contribution in [-0.4, -0.2) is 10.9 Å². The van der Waals surface area contributed by atoms with Gasteiger partial charge in [0.2, 0.25) is 0 Å². The zero-order valence-corrected chi connectivity index (χ0v) is 12.7. The number of nitrogens with one attached hydrogen (secondary N) is 1. The van der Waals surface area contributed by atoms with E-state index in [0.29, 0.717) is 10.2 Å². The topological polar surface area (TPSA) is 55.1 Å². The number of nitrogens with zero attached hydrogens (tertiary/aromatic N) is 1. The van der Waals surface area contributed by atoms with E-state index in [9.17, 15) is 4.79 Å². The summed E-state index contributed by atoms with van der Waals surface area (Å²) in [7, 11) is 0. The van der Waals surface area contributed by atoms with E-state index in [1.54, 1.807) is 12.1 Å². The lowest BCUT2D eigenvalue weighted by Gasteiger charge is -1.99. The Bertz CT molecular complexity index is 764. The SMILES string of the molecule is Cc1sc(NC(=O)c2ccco2)nc1-c1ccc(Cl)cc1. The van der Waals surface area contributed by atoms with Crippen LogP contribution in [0.1, 0.15) is 15.4 Å². The fraction of sp³-hybridized carbons (Fsp3) is 0.0667. The van der Waals surface area contributed by atoms with Crippen molar-refractivity contribution in [2.24, 2.45) is 0 Å². The molecule has 0 saturated carbocycles. The van der Waals surface area contributed by atoms with Gasteiger partial charge in [0.1, 0.15) is 0 Å². The smallest absolute Gasteiger partial charge is 0.293 e. The summed E-state index contributed by atoms with van der Waals surface area (Å²) in [6.45, 7) is 1.96. The Kier molecular flexibility index (Phi) is 3.77. The highest BCUT2D eigenvalue weighted by Gasteiger charge is 2.14. The lowest BCUT2D eigenvalue weighted by molar-refractivity contribution is 0.0996. The Morgan fingerprint density at radius 3 is 2.71 bits per heavy atom. The van der Waals surface area contributed by atoms with Crippen molar-refractivity contribution in [2.45, 2.75) is 6.92 Å². The van der Waals surface area contributed by atoms with E-state index in [4.69, 9.17) is 16.0 Å². The summed E-state index contributed by atoms with van der Waals surface area (Å²) in [5.74, 6) is -0.0488. The van der Waals surface area contributed by atoms with Gasteiger partial charge in [0.25, 0.3) is 5.91 Å². The molecule has 21 heavy (non-hydrogen) atoms. The molecule has 0 unspecified atom stereocenters. The van der Waals surface area contributed by atoms with Gasteiger partial charge in [0.15, 0.2) is 10.9 Å². The highest BCUT2D eigenvalue weighted by atomic mass is 35.5. The lowest BCUT2D eigenvalue weighted by Crippen LogP contribution is -2.10. The molecule has 0 fully saturated rings. The first-order valence-electron chi connectivity index (χ1n) is 6.22. The van der Waals surface area contributed by atoms with Gasteiger partial charge < -0.3 is 4.42 Å². The van der Waals surface area contributed by atoms with Crippen LogP contribution in [0.15, 0.2) is 47.1 Å². The van der Waals surface area contributed by atoms with Crippen molar-refractivity contribution < 1.29 is 9.21 Å². The van der Waals surface area contributed by atoms with Gasteiger partial charge in [0, 0.05) is 15.5 Å². The number of furan rings is 1. The molecule has 1 N–H and O–H groups in total. The normalized spacial score (nSPS) is 10.6. The minimum atomic E-state index is -0.309. The van der Waals surface area contributed by atoms with Crippen molar-refractivity contribution in [2.75, 3.05) is 5.32 Å². The number of thiazole rings is 1. The number of hydrogen-bond donors (Lipinski definition) is 1. The summed E-state index contributed by atoms with van der Waals surface area (Å²) in [6.07, 6.45) is 1.46. The fourth-order valence-corrected chi connectivity index (χ4v) is 2.85. The Morgan fingerprint density at radius 2 is 2.05 bits per heavy atom. The van der Waals surface area contributed by atoms with Crippen molar-refractivity contribution in [3.8, 4) is 11.3 Å². The van der Waals surface area contributed by atoms with Gasteiger partial charge >= 0.3 is 0 Å². The Balaban J connectivity index is 1.84. The summed E-state index contributed by atoms with van der Waals surface area (Å²) in [5.41, 5.74) is 1.80. The van der Waals surface area contributed by atoms with Crippen LogP contribution in [-0.2, 0) is 0 Å². The van der Waals surface area contributed by atoms with Crippen LogP contribution in [0.4, 0.5) is 5.13 Å². The molecule has 0 aliphatic rings. The number of carbonyl (C=O) groups excluding carboxylic acids is 1. The zero-order valence-electron chi connectivity index (χ0n) is 11.1. The number of aryl methyl sites for hydroxylation is 1. The third kappa shape index (κ3) is 2.99. The van der Waals surface area contributed by atoms with Gasteiger partial charge in [-0.05, 0) is 31.2 Å². The van der Waals surface area contributed by atoms with Crippen molar-refractivity contribution in [1.82, 2.24) is 4.98 Å². The number of hydrogen-bond acceptors (Lipinski definition) is 4. The van der Waals surface area contributed by atoms with Crippen molar-refractivity contribution in [1.29, 1.82) is 0 Å². The summed E-state index contributed by atoms with van der Waals surface area (Å²) in [5, 5.41) is 3.95. The number of aromatic nitrogens is 1. The van der Waals surface area contributed by atoms with Crippen LogP contribution in [0.5, 0.6) is 0 Å². The first-order chi connectivity index (χ1) is 10.1. The molecule has 0 bridgehead atoms. The number of carbonyl (C=O) groups is 1. The van der Waals surface area contributed by atoms with Gasteiger partial charge in [0.05, 0.1) is 12.0 Å². The maximum Gasteiger partial charge on any atom is 0.293 e. The van der Waals surface area contributed by atoms with Crippen LogP contribution in [0.25, 0.3) is 11.3 Å². The van der Waals surface area contributed by atoms with Crippen LogP contribution in [0.2, 0.25) is 5.02 Å². The van der Waals surface area contributed by atoms with Crippen molar-refractivity contribution in [3.05, 3.63) is 58.3 Å². The molecule has 0 atom stereocenters. The number of amides is 1. The molecular formula is C15H11ClN2O2S. The van der Waals surface area contributed by atoms with E-state index in [2.05, 4.69) is 10.3 Å². The van der Waals surface area contributed by atoms with E-state index < -0.39 is 0 Å². The highest BCUT2D eigenvalue weighted by Crippen LogP contribution is 2.31. The first kappa shape index (κ1) is 13.9. The molecular weight excluding hydrogens is 308 g/mol. The van der Waals surface area contributed by atoms with Gasteiger partial charge in [-0.25, -0.2) is 4.98 Å². The average molecular weight is 319 g/mol. The summed E-state index contributed by atoms with van der Waals surface area (Å²) < 4.78 is 5.05. The van der Waals surface area contributed by atoms with Crippen molar-refractivity contribution in [3.63, 3.8) is 0 Å². The molecule has 3 rings (SSSR count). The molecule has 0 aliphatic heterocycles. The van der Waals surface area contributed by atoms with E-state index >= 15 is 0 Å². The van der Waals surface area contributed by atoms with E-state index in [0.717, 1.165) is 16.1 Å². The monoisotopic (exact) mass is 318 g/mol. The summed E-state index contributed by atoms with van der Waals surface area (Å²) in [4.78, 5) is 17.4. The minimum absolute atomic E-state index is 0.260. The largest absolute Gasteiger partial charge is 0.459 e. The molecule has 6 heteroatoms. The fourth-order valence-electron chi connectivity index (χ4n) is 1.89. The quantitative estimate of drug-likeness (QED) is 0.766. The minimum Gasteiger partial charge on any atom is -0.459 e. The maximum absolute atomic E-state index is 11.9. The summed E-state index contributed by atoms with van der Waals surface area (Å²) >= 11 is 7.31. The van der Waals surface area contributed by atoms with Gasteiger partial charge in [-0.15, -0.1) is 11.3 Å². The Morgan fingerprint density at radius 1 is 1.29 bits per heavy atom. The van der Waals surface area contributed by atoms with Crippen LogP contribution in [0.3, 0.4) is 0 Å². The lowest BCUT2D eigenvalue weighted by atomic mass is 10.1. The third-order valence-corrected chi connectivity index (χ3v) is 4.02. The molecule has 3 aromatic rings. The highest BCUT2D eigenvalue weighted by molar-refractivity contribution is 7.16. The van der Waals surface area contributed by atoms with E-state index in [1.165, 1.54) is 17.6 Å². The van der Waals surface area contributed by atoms with E-state index in [-0.39, 0.29) is 11.7 Å². The summed E-state index contributed by atoms with van der Waals surface area (Å²) in [6, 6.07) is 10.7. The molecule has 106 valence electrons. The molecule has 0 aliphatic carbocycles. The average Bonchev–Trinajstić information content (AvgIpc) is 3.10. The molecule has 4 nitrogen and oxygen atoms in total. The number of halogens is 1. The van der Waals surface area contributed by atoms with Gasteiger partial charge in [-0.1, -0.05) is 23.7 Å². The molecule has 0 saturated heterocycles. The zero-order chi connectivity index (χ0) is 14.8. The predicted molar refractivity (Wildman–Crippen MR) is 84.0 cm³/mol. The molecule has 0 radical (unpaired) electrons. The van der Waals surface area contributed by atoms with Gasteiger partial charge in [-0.2, -0.15) is 0 Å². The van der Waals surface area contributed by atoms with Crippen LogP contribution < -0.4 is 5.32 Å². The number of anilines is 1. The molecule has 1 amide bonds. The molecule has 1 aromatic carbocycles. The van der Waals surface area contributed by atoms with Crippen molar-refractivity contribution >= 4 is 34.0 Å². The Labute approximate surface area is 130 Å². The number of benzene rings is 1. The van der Waals surface area contributed by atoms with Gasteiger partial charge in [-0.3, -0.25) is 10.1 Å². The number of rotatable bonds is 3. The standard InChI is InChI=1S/C15H11ClN2O2S/c1-9-13(10-4-6-11(16)7-5-10)17-15(21-9)18-14(19)12-3-2-8-20-12/h2-8H,1H3,(H,17,18,19). The second-order valence-corrected chi connectivity index (χ2v) is 6.00. The molecule has 0 spiro atoms. The van der Waals surface area contributed by atoms with E-state index in [1.807, 2.05) is 31.2 Å². The second kappa shape index (κ2) is 5.71. The first-order valence-corrected chi connectivity index (χ1v) is 7.41. The maximum atomic E-state index is 11.9. The predicted octanol–water partition coefficient (Wildman–Crippen LogP) is 4.62.